The van der Waals surface area contributed by atoms with Crippen molar-refractivity contribution in [3.8, 4) is 0 Å². The van der Waals surface area contributed by atoms with Gasteiger partial charge in [0.05, 0.1) is 6.54 Å². The minimum absolute atomic E-state index is 0.0421. The summed E-state index contributed by atoms with van der Waals surface area (Å²) >= 11 is 0. The Morgan fingerprint density at radius 3 is 2.17 bits per heavy atom. The second kappa shape index (κ2) is 5.67. The highest BCUT2D eigenvalue weighted by atomic mass is 16.4. The fourth-order valence-electron chi connectivity index (χ4n) is 1.37. The molecule has 0 aromatic heterocycles. The molecule has 7 nitrogen and oxygen atoms in total. The summed E-state index contributed by atoms with van der Waals surface area (Å²) in [4.78, 5) is 23.7. The Labute approximate surface area is 104 Å². The summed E-state index contributed by atoms with van der Waals surface area (Å²) in [5.74, 6) is -0.960. The predicted octanol–water partition coefficient (Wildman–Crippen LogP) is -0.662. The predicted molar refractivity (Wildman–Crippen MR) is 65.1 cm³/mol. The number of amides is 2. The Bertz CT molecular complexity index is 482. The van der Waals surface area contributed by atoms with E-state index in [0.717, 1.165) is 0 Å². The molecule has 1 aromatic carbocycles. The number of hydrogen-bond acceptors (Lipinski definition) is 4. The molecule has 7 heteroatoms. The number of carbonyl (C=O) groups excluding carboxylic acids is 2. The molecular formula is C11H14N4O3. The van der Waals surface area contributed by atoms with Crippen molar-refractivity contribution < 1.29 is 14.8 Å². The molecule has 2 amide bonds. The zero-order valence-corrected chi connectivity index (χ0v) is 9.83. The SMILES string of the molecule is CN(CC(N)=O)C(=O)c1ccc(/C(N)=N/O)cc1. The van der Waals surface area contributed by atoms with Crippen LogP contribution in [-0.4, -0.2) is 41.3 Å². The van der Waals surface area contributed by atoms with Crippen LogP contribution in [0.1, 0.15) is 15.9 Å². The van der Waals surface area contributed by atoms with E-state index < -0.39 is 5.91 Å². The number of primary amides is 1. The van der Waals surface area contributed by atoms with Crippen LogP contribution in [0.15, 0.2) is 29.4 Å². The van der Waals surface area contributed by atoms with E-state index in [4.69, 9.17) is 16.7 Å². The molecule has 0 atom stereocenters. The molecule has 0 aliphatic carbocycles. The normalized spacial score (nSPS) is 11.1. The molecule has 96 valence electrons. The van der Waals surface area contributed by atoms with Gasteiger partial charge in [0.1, 0.15) is 0 Å². The zero-order valence-electron chi connectivity index (χ0n) is 9.83. The van der Waals surface area contributed by atoms with Gasteiger partial charge in [0.2, 0.25) is 5.91 Å². The molecule has 5 N–H and O–H groups in total. The smallest absolute Gasteiger partial charge is 0.254 e. The van der Waals surface area contributed by atoms with Crippen molar-refractivity contribution in [2.24, 2.45) is 16.6 Å². The highest BCUT2D eigenvalue weighted by Crippen LogP contribution is 2.06. The maximum atomic E-state index is 11.8. The van der Waals surface area contributed by atoms with Crippen molar-refractivity contribution in [1.82, 2.24) is 4.90 Å². The first-order chi connectivity index (χ1) is 8.45. The van der Waals surface area contributed by atoms with Crippen LogP contribution < -0.4 is 11.5 Å². The van der Waals surface area contributed by atoms with Gasteiger partial charge in [-0.3, -0.25) is 9.59 Å². The molecule has 0 aliphatic rings. The minimum atomic E-state index is -0.584. The van der Waals surface area contributed by atoms with Crippen molar-refractivity contribution in [3.63, 3.8) is 0 Å². The third-order valence-corrected chi connectivity index (χ3v) is 2.28. The van der Waals surface area contributed by atoms with Gasteiger partial charge in [-0.25, -0.2) is 0 Å². The summed E-state index contributed by atoms with van der Waals surface area (Å²) in [6.07, 6.45) is 0. The standard InChI is InChI=1S/C11H14N4O3/c1-15(6-9(12)16)11(17)8-4-2-7(3-5-8)10(13)14-18/h2-5,18H,6H2,1H3,(H2,12,16)(H2,13,14). The van der Waals surface area contributed by atoms with E-state index in [1.165, 1.54) is 24.1 Å². The highest BCUT2D eigenvalue weighted by Gasteiger charge is 2.13. The van der Waals surface area contributed by atoms with Gasteiger partial charge in [-0.1, -0.05) is 17.3 Å². The lowest BCUT2D eigenvalue weighted by Gasteiger charge is -2.15. The van der Waals surface area contributed by atoms with Gasteiger partial charge in [0, 0.05) is 18.2 Å². The van der Waals surface area contributed by atoms with Crippen LogP contribution in [0.25, 0.3) is 0 Å². The van der Waals surface area contributed by atoms with E-state index in [1.54, 1.807) is 12.1 Å². The topological polar surface area (TPSA) is 122 Å². The molecule has 0 unspecified atom stereocenters. The Kier molecular flexibility index (Phi) is 4.25. The largest absolute Gasteiger partial charge is 0.409 e. The molecule has 0 saturated heterocycles. The van der Waals surface area contributed by atoms with E-state index in [9.17, 15) is 9.59 Å². The van der Waals surface area contributed by atoms with E-state index in [1.807, 2.05) is 0 Å². The van der Waals surface area contributed by atoms with Gasteiger partial charge in [-0.05, 0) is 12.1 Å². The summed E-state index contributed by atoms with van der Waals surface area (Å²) in [6, 6.07) is 6.13. The molecule has 0 spiro atoms. The number of amidine groups is 1. The molecule has 0 saturated carbocycles. The van der Waals surface area contributed by atoms with Crippen molar-refractivity contribution in [2.75, 3.05) is 13.6 Å². The molecule has 18 heavy (non-hydrogen) atoms. The summed E-state index contributed by atoms with van der Waals surface area (Å²) < 4.78 is 0. The van der Waals surface area contributed by atoms with Crippen LogP contribution in [-0.2, 0) is 4.79 Å². The number of nitrogens with zero attached hydrogens (tertiary/aromatic N) is 2. The van der Waals surface area contributed by atoms with Gasteiger partial charge in [0.25, 0.3) is 5.91 Å². The Balaban J connectivity index is 2.85. The monoisotopic (exact) mass is 250 g/mol. The average molecular weight is 250 g/mol. The first-order valence-electron chi connectivity index (χ1n) is 5.07. The molecule has 0 radical (unpaired) electrons. The van der Waals surface area contributed by atoms with Crippen LogP contribution in [0.4, 0.5) is 0 Å². The number of nitrogens with two attached hydrogens (primary N) is 2. The van der Waals surface area contributed by atoms with Gasteiger partial charge in [-0.15, -0.1) is 0 Å². The molecule has 0 bridgehead atoms. The lowest BCUT2D eigenvalue weighted by atomic mass is 10.1. The van der Waals surface area contributed by atoms with Crippen LogP contribution in [0.2, 0.25) is 0 Å². The highest BCUT2D eigenvalue weighted by molar-refractivity contribution is 5.99. The van der Waals surface area contributed by atoms with Crippen molar-refractivity contribution in [2.45, 2.75) is 0 Å². The molecular weight excluding hydrogens is 236 g/mol. The van der Waals surface area contributed by atoms with Crippen LogP contribution in [0, 0.1) is 0 Å². The Hall–Kier alpha value is -2.57. The second-order valence-electron chi connectivity index (χ2n) is 3.69. The fraction of sp³-hybridized carbons (Fsp3) is 0.182. The maximum Gasteiger partial charge on any atom is 0.254 e. The third-order valence-electron chi connectivity index (χ3n) is 2.28. The van der Waals surface area contributed by atoms with E-state index in [-0.39, 0.29) is 18.3 Å². The number of benzene rings is 1. The summed E-state index contributed by atoms with van der Waals surface area (Å²) in [7, 11) is 1.48. The number of oxime groups is 1. The summed E-state index contributed by atoms with van der Waals surface area (Å²) in [5, 5.41) is 11.3. The van der Waals surface area contributed by atoms with Crippen molar-refractivity contribution >= 4 is 17.6 Å². The summed E-state index contributed by atoms with van der Waals surface area (Å²) in [6.45, 7) is -0.152. The van der Waals surface area contributed by atoms with Crippen LogP contribution in [0.3, 0.4) is 0 Å². The molecule has 0 fully saturated rings. The first-order valence-corrected chi connectivity index (χ1v) is 5.07. The average Bonchev–Trinajstić information content (AvgIpc) is 2.36. The fourth-order valence-corrected chi connectivity index (χ4v) is 1.37. The lowest BCUT2D eigenvalue weighted by molar-refractivity contribution is -0.118. The minimum Gasteiger partial charge on any atom is -0.409 e. The second-order valence-corrected chi connectivity index (χ2v) is 3.69. The number of rotatable bonds is 4. The lowest BCUT2D eigenvalue weighted by Crippen LogP contribution is -2.35. The van der Waals surface area contributed by atoms with Gasteiger partial charge < -0.3 is 21.6 Å². The van der Waals surface area contributed by atoms with Gasteiger partial charge >= 0.3 is 0 Å². The summed E-state index contributed by atoms with van der Waals surface area (Å²) in [5.41, 5.74) is 11.3. The number of hydrogen-bond donors (Lipinski definition) is 3. The van der Waals surface area contributed by atoms with Crippen molar-refractivity contribution in [3.05, 3.63) is 35.4 Å². The van der Waals surface area contributed by atoms with Gasteiger partial charge in [0.15, 0.2) is 5.84 Å². The zero-order chi connectivity index (χ0) is 13.7. The molecule has 1 aromatic rings. The molecule has 1 rings (SSSR count). The molecule has 0 aliphatic heterocycles. The van der Waals surface area contributed by atoms with E-state index in [2.05, 4.69) is 5.16 Å². The van der Waals surface area contributed by atoms with Crippen LogP contribution in [0.5, 0.6) is 0 Å². The molecule has 0 heterocycles. The third kappa shape index (κ3) is 3.21. The Morgan fingerprint density at radius 2 is 1.72 bits per heavy atom. The Morgan fingerprint density at radius 1 is 1.22 bits per heavy atom. The number of carbonyl (C=O) groups is 2. The quantitative estimate of drug-likeness (QED) is 0.284. The maximum absolute atomic E-state index is 11.8. The van der Waals surface area contributed by atoms with Crippen LogP contribution >= 0.6 is 0 Å². The van der Waals surface area contributed by atoms with Crippen molar-refractivity contribution in [1.29, 1.82) is 0 Å². The van der Waals surface area contributed by atoms with E-state index in [0.29, 0.717) is 11.1 Å². The van der Waals surface area contributed by atoms with Gasteiger partial charge in [-0.2, -0.15) is 0 Å². The number of likely N-dealkylation sites (N-methyl/N-ethyl adjacent to an activating group) is 1. The van der Waals surface area contributed by atoms with E-state index >= 15 is 0 Å². The first kappa shape index (κ1) is 13.5.